The summed E-state index contributed by atoms with van der Waals surface area (Å²) >= 11 is 0. The van der Waals surface area contributed by atoms with E-state index in [1.807, 2.05) is 0 Å². The van der Waals surface area contributed by atoms with Crippen LogP contribution in [0.2, 0.25) is 0 Å². The van der Waals surface area contributed by atoms with Gasteiger partial charge in [-0.25, -0.2) is 4.79 Å². The third-order valence-electron chi connectivity index (χ3n) is 3.92. The minimum atomic E-state index is -1.69. The molecule has 0 bridgehead atoms. The zero-order valence-corrected chi connectivity index (χ0v) is 10.3. The topological polar surface area (TPSA) is 125 Å². The van der Waals surface area contributed by atoms with Gasteiger partial charge in [-0.1, -0.05) is 12.2 Å². The van der Waals surface area contributed by atoms with Gasteiger partial charge in [-0.15, -0.1) is 0 Å². The molecule has 0 radical (unpaired) electrons. The van der Waals surface area contributed by atoms with Crippen LogP contribution in [-0.4, -0.2) is 49.3 Å². The smallest absolute Gasteiger partial charge is 0.330 e. The van der Waals surface area contributed by atoms with Gasteiger partial charge in [0.25, 0.3) is 5.56 Å². The van der Waals surface area contributed by atoms with Crippen molar-refractivity contribution in [3.63, 3.8) is 0 Å². The highest BCUT2D eigenvalue weighted by Crippen LogP contribution is 2.45. The SMILES string of the molecule is O=c1ccn([C@@H]2O[C@@H]3C=C[C@H](CO)[C@]3(O)[C@H]2O)c(=O)[nH]1. The molecule has 0 unspecified atom stereocenters. The molecule has 2 aliphatic rings. The summed E-state index contributed by atoms with van der Waals surface area (Å²) in [7, 11) is 0. The molecule has 0 saturated carbocycles. The highest BCUT2D eigenvalue weighted by atomic mass is 16.6. The molecule has 1 fully saturated rings. The van der Waals surface area contributed by atoms with E-state index in [1.54, 1.807) is 12.2 Å². The number of H-pyrrole nitrogens is 1. The number of aliphatic hydroxyl groups is 3. The van der Waals surface area contributed by atoms with Gasteiger partial charge in [-0.05, 0) is 0 Å². The lowest BCUT2D eigenvalue weighted by Gasteiger charge is -2.31. The Morgan fingerprint density at radius 1 is 1.40 bits per heavy atom. The summed E-state index contributed by atoms with van der Waals surface area (Å²) in [5, 5.41) is 30.1. The minimum Gasteiger partial charge on any atom is -0.396 e. The first-order chi connectivity index (χ1) is 9.48. The average molecular weight is 282 g/mol. The van der Waals surface area contributed by atoms with Gasteiger partial charge in [-0.2, -0.15) is 0 Å². The van der Waals surface area contributed by atoms with Crippen LogP contribution in [-0.2, 0) is 4.74 Å². The van der Waals surface area contributed by atoms with Crippen LogP contribution in [0.1, 0.15) is 6.23 Å². The Morgan fingerprint density at radius 3 is 2.80 bits per heavy atom. The molecular formula is C12H14N2O6. The molecule has 108 valence electrons. The summed E-state index contributed by atoms with van der Waals surface area (Å²) in [5.74, 6) is -0.675. The highest BCUT2D eigenvalue weighted by molar-refractivity contribution is 5.23. The number of hydrogen-bond acceptors (Lipinski definition) is 6. The number of ether oxygens (including phenoxy) is 1. The van der Waals surface area contributed by atoms with E-state index in [0.717, 1.165) is 10.6 Å². The largest absolute Gasteiger partial charge is 0.396 e. The summed E-state index contributed by atoms with van der Waals surface area (Å²) in [6.07, 6.45) is 0.938. The van der Waals surface area contributed by atoms with E-state index in [2.05, 4.69) is 4.98 Å². The molecule has 1 aromatic heterocycles. The molecule has 8 nitrogen and oxygen atoms in total. The lowest BCUT2D eigenvalue weighted by Crippen LogP contribution is -2.51. The normalized spacial score (nSPS) is 39.1. The van der Waals surface area contributed by atoms with E-state index in [9.17, 15) is 24.9 Å². The molecule has 1 saturated heterocycles. The summed E-state index contributed by atoms with van der Waals surface area (Å²) in [5.41, 5.74) is -2.99. The third kappa shape index (κ3) is 1.63. The second kappa shape index (κ2) is 4.38. The van der Waals surface area contributed by atoms with Crippen LogP contribution < -0.4 is 11.2 Å². The minimum absolute atomic E-state index is 0.350. The van der Waals surface area contributed by atoms with E-state index >= 15 is 0 Å². The van der Waals surface area contributed by atoms with Crippen molar-refractivity contribution in [3.05, 3.63) is 45.3 Å². The number of rotatable bonds is 2. The maximum Gasteiger partial charge on any atom is 0.330 e. The second-order valence-electron chi connectivity index (χ2n) is 4.97. The number of aromatic nitrogens is 2. The number of aromatic amines is 1. The van der Waals surface area contributed by atoms with Crippen molar-refractivity contribution >= 4 is 0 Å². The fourth-order valence-corrected chi connectivity index (χ4v) is 2.80. The van der Waals surface area contributed by atoms with Crippen molar-refractivity contribution in [2.45, 2.75) is 24.0 Å². The Kier molecular flexibility index (Phi) is 2.91. The molecule has 0 spiro atoms. The number of nitrogens with zero attached hydrogens (tertiary/aromatic N) is 1. The molecule has 2 heterocycles. The summed E-state index contributed by atoms with van der Waals surface area (Å²) in [4.78, 5) is 24.8. The zero-order chi connectivity index (χ0) is 14.5. The van der Waals surface area contributed by atoms with Crippen molar-refractivity contribution in [1.82, 2.24) is 9.55 Å². The van der Waals surface area contributed by atoms with Gasteiger partial charge in [0.2, 0.25) is 0 Å². The van der Waals surface area contributed by atoms with Gasteiger partial charge in [0.1, 0.15) is 17.8 Å². The van der Waals surface area contributed by atoms with Crippen molar-refractivity contribution in [2.24, 2.45) is 5.92 Å². The van der Waals surface area contributed by atoms with E-state index in [1.165, 1.54) is 6.20 Å². The fourth-order valence-electron chi connectivity index (χ4n) is 2.80. The number of fused-ring (bicyclic) bond motifs is 1. The van der Waals surface area contributed by atoms with Crippen molar-refractivity contribution in [1.29, 1.82) is 0 Å². The van der Waals surface area contributed by atoms with E-state index in [-0.39, 0.29) is 6.61 Å². The van der Waals surface area contributed by atoms with Crippen LogP contribution in [0.15, 0.2) is 34.0 Å². The first-order valence-corrected chi connectivity index (χ1v) is 6.15. The molecule has 5 atom stereocenters. The maximum absolute atomic E-state index is 11.7. The van der Waals surface area contributed by atoms with Crippen LogP contribution in [0.5, 0.6) is 0 Å². The van der Waals surface area contributed by atoms with Gasteiger partial charge >= 0.3 is 5.69 Å². The summed E-state index contributed by atoms with van der Waals surface area (Å²) in [6, 6.07) is 1.12. The average Bonchev–Trinajstić information content (AvgIpc) is 2.85. The van der Waals surface area contributed by atoms with E-state index < -0.39 is 41.2 Å². The van der Waals surface area contributed by atoms with Crippen molar-refractivity contribution in [3.8, 4) is 0 Å². The second-order valence-corrected chi connectivity index (χ2v) is 4.97. The lowest BCUT2D eigenvalue weighted by molar-refractivity contribution is -0.0981. The molecule has 3 rings (SSSR count). The maximum atomic E-state index is 11.7. The van der Waals surface area contributed by atoms with Gasteiger partial charge < -0.3 is 20.1 Å². The van der Waals surface area contributed by atoms with Crippen LogP contribution in [0.3, 0.4) is 0 Å². The first kappa shape index (κ1) is 13.3. The summed E-state index contributed by atoms with van der Waals surface area (Å²) in [6.45, 7) is -0.350. The number of nitrogens with one attached hydrogen (secondary N) is 1. The lowest BCUT2D eigenvalue weighted by atomic mass is 9.85. The predicted octanol–water partition coefficient (Wildman–Crippen LogP) is -2.30. The van der Waals surface area contributed by atoms with Gasteiger partial charge in [0, 0.05) is 18.2 Å². The Balaban J connectivity index is 2.01. The Labute approximate surface area is 112 Å². The first-order valence-electron chi connectivity index (χ1n) is 6.15. The third-order valence-corrected chi connectivity index (χ3v) is 3.92. The molecule has 1 aliphatic heterocycles. The zero-order valence-electron chi connectivity index (χ0n) is 10.3. The quantitative estimate of drug-likeness (QED) is 0.452. The molecule has 4 N–H and O–H groups in total. The Morgan fingerprint density at radius 2 is 2.15 bits per heavy atom. The Bertz CT molecular complexity index is 664. The molecule has 20 heavy (non-hydrogen) atoms. The summed E-state index contributed by atoms with van der Waals surface area (Å²) < 4.78 is 6.49. The van der Waals surface area contributed by atoms with Gasteiger partial charge in [0.05, 0.1) is 6.61 Å². The highest BCUT2D eigenvalue weighted by Gasteiger charge is 2.60. The van der Waals surface area contributed by atoms with E-state index in [4.69, 9.17) is 4.74 Å². The van der Waals surface area contributed by atoms with Crippen molar-refractivity contribution in [2.75, 3.05) is 6.61 Å². The molecule has 1 aliphatic carbocycles. The molecule has 8 heteroatoms. The van der Waals surface area contributed by atoms with Gasteiger partial charge in [-0.3, -0.25) is 14.3 Å². The molecule has 0 aromatic carbocycles. The molecule has 0 amide bonds. The molecular weight excluding hydrogens is 268 g/mol. The van der Waals surface area contributed by atoms with Crippen LogP contribution in [0.25, 0.3) is 0 Å². The number of aliphatic hydroxyl groups excluding tert-OH is 2. The van der Waals surface area contributed by atoms with E-state index in [0.29, 0.717) is 0 Å². The fraction of sp³-hybridized carbons (Fsp3) is 0.500. The van der Waals surface area contributed by atoms with Crippen molar-refractivity contribution < 1.29 is 20.1 Å². The monoisotopic (exact) mass is 282 g/mol. The van der Waals surface area contributed by atoms with Crippen LogP contribution in [0, 0.1) is 5.92 Å². The molecule has 1 aromatic rings. The standard InChI is InChI=1S/C12H14N2O6/c15-5-6-1-2-7-12(6,19)9(17)10(20-7)14-4-3-8(16)13-11(14)18/h1-4,6-7,9-10,15,17,19H,5H2,(H,13,16,18)/t6-,7-,9+,10-,12-/m1/s1. The van der Waals surface area contributed by atoms with Crippen LogP contribution in [0.4, 0.5) is 0 Å². The van der Waals surface area contributed by atoms with Gasteiger partial charge in [0.15, 0.2) is 6.23 Å². The number of hydrogen-bond donors (Lipinski definition) is 4. The predicted molar refractivity (Wildman–Crippen MR) is 65.9 cm³/mol. The Hall–Kier alpha value is -1.74. The van der Waals surface area contributed by atoms with Crippen LogP contribution >= 0.6 is 0 Å².